The van der Waals surface area contributed by atoms with Gasteiger partial charge in [-0.1, -0.05) is 0 Å². The van der Waals surface area contributed by atoms with Gasteiger partial charge in [0.2, 0.25) is 0 Å². The molecule has 0 unspecified atom stereocenters. The van der Waals surface area contributed by atoms with Crippen LogP contribution in [0.1, 0.15) is 21.7 Å². The average Bonchev–Trinajstić information content (AvgIpc) is 2.14. The van der Waals surface area contributed by atoms with Crippen molar-refractivity contribution in [1.29, 1.82) is 0 Å². The fraction of sp³-hybridized carbons (Fsp3) is 0.250. The lowest BCUT2D eigenvalue weighted by atomic mass is 10.2. The van der Waals surface area contributed by atoms with Gasteiger partial charge in [-0.25, -0.2) is 4.98 Å². The zero-order chi connectivity index (χ0) is 12.6. The maximum atomic E-state index is 12.2. The van der Waals surface area contributed by atoms with Crippen LogP contribution in [0.4, 0.5) is 26.3 Å². The van der Waals surface area contributed by atoms with E-state index in [1.54, 1.807) is 0 Å². The van der Waals surface area contributed by atoms with Crippen molar-refractivity contribution < 1.29 is 31.1 Å². The summed E-state index contributed by atoms with van der Waals surface area (Å²) in [5.74, 6) is 0. The number of pyridine rings is 1. The first-order chi connectivity index (χ1) is 7.14. The van der Waals surface area contributed by atoms with Crippen LogP contribution in [0.3, 0.4) is 0 Å². The highest BCUT2D eigenvalue weighted by Gasteiger charge is 2.38. The van der Waals surface area contributed by atoms with E-state index in [-0.39, 0.29) is 18.4 Å². The van der Waals surface area contributed by atoms with Crippen LogP contribution in [0.2, 0.25) is 0 Å². The molecule has 0 radical (unpaired) electrons. The van der Waals surface area contributed by atoms with E-state index in [1.807, 2.05) is 0 Å². The van der Waals surface area contributed by atoms with E-state index < -0.39 is 29.3 Å². The Kier molecular flexibility index (Phi) is 2.93. The van der Waals surface area contributed by atoms with Crippen molar-refractivity contribution in [2.75, 3.05) is 0 Å². The Morgan fingerprint density at radius 1 is 1.00 bits per heavy atom. The van der Waals surface area contributed by atoms with Gasteiger partial charge >= 0.3 is 12.4 Å². The van der Waals surface area contributed by atoms with Gasteiger partial charge in [0.15, 0.2) is 6.29 Å². The molecule has 0 aromatic carbocycles. The summed E-state index contributed by atoms with van der Waals surface area (Å²) in [6.45, 7) is 0. The van der Waals surface area contributed by atoms with Crippen molar-refractivity contribution in [3.8, 4) is 0 Å². The predicted molar refractivity (Wildman–Crippen MR) is 39.6 cm³/mol. The SMILES string of the molecule is O=Cc1cc(C(F)(F)F)cc(C(F)(F)F)n1. The molecule has 1 rings (SSSR count). The maximum Gasteiger partial charge on any atom is 0.433 e. The van der Waals surface area contributed by atoms with Crippen molar-refractivity contribution in [1.82, 2.24) is 4.98 Å². The minimum absolute atomic E-state index is 0.146. The van der Waals surface area contributed by atoms with E-state index in [0.717, 1.165) is 0 Å². The first-order valence-electron chi connectivity index (χ1n) is 3.76. The van der Waals surface area contributed by atoms with Gasteiger partial charge < -0.3 is 0 Å². The summed E-state index contributed by atoms with van der Waals surface area (Å²) in [7, 11) is 0. The Balaban J connectivity index is 3.39. The highest BCUT2D eigenvalue weighted by molar-refractivity contribution is 5.72. The second-order valence-electron chi connectivity index (χ2n) is 2.78. The molecule has 0 bridgehead atoms. The van der Waals surface area contributed by atoms with E-state index in [4.69, 9.17) is 0 Å². The zero-order valence-electron chi connectivity index (χ0n) is 7.36. The first kappa shape index (κ1) is 12.5. The van der Waals surface area contributed by atoms with Crippen molar-refractivity contribution in [3.63, 3.8) is 0 Å². The molecular formula is C8H3F6NO. The standard InChI is InChI=1S/C8H3F6NO/c9-7(10,11)4-1-5(3-16)15-6(2-4)8(12,13)14/h1-3H. The Labute approximate surface area is 84.9 Å². The molecule has 8 heteroatoms. The van der Waals surface area contributed by atoms with Crippen LogP contribution in [-0.4, -0.2) is 11.3 Å². The maximum absolute atomic E-state index is 12.2. The third kappa shape index (κ3) is 2.71. The van der Waals surface area contributed by atoms with Crippen LogP contribution in [0, 0.1) is 0 Å². The molecule has 0 spiro atoms. The summed E-state index contributed by atoms with van der Waals surface area (Å²) in [4.78, 5) is 12.9. The highest BCUT2D eigenvalue weighted by Crippen LogP contribution is 2.34. The van der Waals surface area contributed by atoms with Crippen molar-refractivity contribution in [2.45, 2.75) is 12.4 Å². The number of aromatic nitrogens is 1. The summed E-state index contributed by atoms with van der Waals surface area (Å²) in [6.07, 6.45) is -10.2. The third-order valence-corrected chi connectivity index (χ3v) is 1.58. The molecule has 0 saturated heterocycles. The molecule has 2 nitrogen and oxygen atoms in total. The Bertz CT molecular complexity index is 376. The Hall–Kier alpha value is -1.60. The largest absolute Gasteiger partial charge is 0.433 e. The Morgan fingerprint density at radius 3 is 1.94 bits per heavy atom. The Morgan fingerprint density at radius 2 is 1.56 bits per heavy atom. The highest BCUT2D eigenvalue weighted by atomic mass is 19.4. The molecule has 1 heterocycles. The van der Waals surface area contributed by atoms with Crippen molar-refractivity contribution in [2.24, 2.45) is 0 Å². The molecular weight excluding hydrogens is 240 g/mol. The molecule has 0 N–H and O–H groups in total. The number of rotatable bonds is 1. The quantitative estimate of drug-likeness (QED) is 0.560. The smallest absolute Gasteiger partial charge is 0.296 e. The predicted octanol–water partition coefficient (Wildman–Crippen LogP) is 2.93. The molecule has 0 fully saturated rings. The van der Waals surface area contributed by atoms with Gasteiger partial charge in [0.05, 0.1) is 5.56 Å². The number of aldehydes is 1. The molecule has 0 aliphatic heterocycles. The lowest BCUT2D eigenvalue weighted by Gasteiger charge is -2.11. The normalized spacial score (nSPS) is 12.6. The zero-order valence-corrected chi connectivity index (χ0v) is 7.36. The number of hydrogen-bond acceptors (Lipinski definition) is 2. The van der Waals surface area contributed by atoms with Crippen LogP contribution >= 0.6 is 0 Å². The van der Waals surface area contributed by atoms with E-state index in [9.17, 15) is 31.1 Å². The summed E-state index contributed by atoms with van der Waals surface area (Å²) in [6, 6.07) is 0.106. The third-order valence-electron chi connectivity index (χ3n) is 1.58. The molecule has 0 amide bonds. The van der Waals surface area contributed by atoms with Gasteiger partial charge in [-0.15, -0.1) is 0 Å². The van der Waals surface area contributed by atoms with Crippen LogP contribution < -0.4 is 0 Å². The molecule has 0 atom stereocenters. The minimum atomic E-state index is -5.03. The van der Waals surface area contributed by atoms with E-state index in [1.165, 1.54) is 0 Å². The van der Waals surface area contributed by atoms with Gasteiger partial charge in [-0.05, 0) is 12.1 Å². The van der Waals surface area contributed by atoms with Crippen LogP contribution in [0.5, 0.6) is 0 Å². The summed E-state index contributed by atoms with van der Waals surface area (Å²) in [5, 5.41) is 0. The second-order valence-corrected chi connectivity index (χ2v) is 2.78. The van der Waals surface area contributed by atoms with E-state index >= 15 is 0 Å². The number of nitrogens with zero attached hydrogens (tertiary/aromatic N) is 1. The fourth-order valence-electron chi connectivity index (χ4n) is 0.921. The van der Waals surface area contributed by atoms with Gasteiger partial charge in [-0.2, -0.15) is 26.3 Å². The second kappa shape index (κ2) is 3.76. The summed E-state index contributed by atoms with van der Waals surface area (Å²) in [5.41, 5.74) is -4.22. The van der Waals surface area contributed by atoms with Gasteiger partial charge in [0, 0.05) is 0 Å². The molecule has 1 aromatic rings. The van der Waals surface area contributed by atoms with Gasteiger partial charge in [0.25, 0.3) is 0 Å². The van der Waals surface area contributed by atoms with E-state index in [0.29, 0.717) is 0 Å². The molecule has 0 aliphatic carbocycles. The molecule has 88 valence electrons. The summed E-state index contributed by atoms with van der Waals surface area (Å²) < 4.78 is 72.9. The number of carbonyl (C=O) groups excluding carboxylic acids is 1. The number of hydrogen-bond donors (Lipinski definition) is 0. The van der Waals surface area contributed by atoms with E-state index in [2.05, 4.69) is 4.98 Å². The molecule has 0 saturated carbocycles. The van der Waals surface area contributed by atoms with Gasteiger partial charge in [-0.3, -0.25) is 4.79 Å². The van der Waals surface area contributed by atoms with Crippen LogP contribution in [0.15, 0.2) is 12.1 Å². The first-order valence-corrected chi connectivity index (χ1v) is 3.76. The lowest BCUT2D eigenvalue weighted by Crippen LogP contribution is -2.14. The molecule has 1 aromatic heterocycles. The number of carbonyl (C=O) groups is 1. The van der Waals surface area contributed by atoms with Gasteiger partial charge in [0.1, 0.15) is 11.4 Å². The minimum Gasteiger partial charge on any atom is -0.296 e. The number of halogens is 6. The lowest BCUT2D eigenvalue weighted by molar-refractivity contribution is -0.145. The van der Waals surface area contributed by atoms with Crippen LogP contribution in [-0.2, 0) is 12.4 Å². The van der Waals surface area contributed by atoms with Crippen molar-refractivity contribution in [3.05, 3.63) is 29.1 Å². The van der Waals surface area contributed by atoms with Crippen LogP contribution in [0.25, 0.3) is 0 Å². The van der Waals surface area contributed by atoms with Crippen molar-refractivity contribution >= 4 is 6.29 Å². The monoisotopic (exact) mass is 243 g/mol. The number of alkyl halides is 6. The fourth-order valence-corrected chi connectivity index (χ4v) is 0.921. The average molecular weight is 243 g/mol. The summed E-state index contributed by atoms with van der Waals surface area (Å²) >= 11 is 0. The molecule has 0 aliphatic rings. The molecule has 16 heavy (non-hydrogen) atoms. The topological polar surface area (TPSA) is 30.0 Å².